The Labute approximate surface area is 168 Å². The molecule has 0 spiro atoms. The van der Waals surface area contributed by atoms with Crippen molar-refractivity contribution in [2.24, 2.45) is 0 Å². The van der Waals surface area contributed by atoms with Crippen LogP contribution in [-0.2, 0) is 0 Å². The maximum absolute atomic E-state index is 13.7. The summed E-state index contributed by atoms with van der Waals surface area (Å²) in [5.41, 5.74) is -0.159. The van der Waals surface area contributed by atoms with Crippen molar-refractivity contribution < 1.29 is 32.6 Å². The quantitative estimate of drug-likeness (QED) is 0.578. The van der Waals surface area contributed by atoms with Gasteiger partial charge in [0.1, 0.15) is 17.4 Å². The number of ether oxygens (including phenoxy) is 1. The molecule has 0 aliphatic carbocycles. The van der Waals surface area contributed by atoms with Gasteiger partial charge < -0.3 is 20.5 Å². The van der Waals surface area contributed by atoms with Crippen molar-refractivity contribution in [2.75, 3.05) is 17.7 Å². The number of phenols is 1. The average molecular weight is 416 g/mol. The highest BCUT2D eigenvalue weighted by Gasteiger charge is 2.15. The van der Waals surface area contributed by atoms with Crippen LogP contribution in [0.25, 0.3) is 0 Å². The smallest absolute Gasteiger partial charge is 0.259 e. The van der Waals surface area contributed by atoms with E-state index in [1.54, 1.807) is 0 Å². The van der Waals surface area contributed by atoms with E-state index in [0.717, 1.165) is 24.3 Å². The lowest BCUT2D eigenvalue weighted by atomic mass is 10.1. The maximum atomic E-state index is 13.7. The van der Waals surface area contributed by atoms with Crippen molar-refractivity contribution in [3.05, 3.63) is 83.2 Å². The summed E-state index contributed by atoms with van der Waals surface area (Å²) in [6.07, 6.45) is 0. The molecule has 0 aliphatic heterocycles. The molecular formula is C21H15F3N2O4. The van der Waals surface area contributed by atoms with Crippen molar-refractivity contribution in [1.29, 1.82) is 0 Å². The number of carbonyl (C=O) groups is 2. The van der Waals surface area contributed by atoms with Crippen LogP contribution in [-0.4, -0.2) is 24.0 Å². The predicted molar refractivity (Wildman–Crippen MR) is 103 cm³/mol. The van der Waals surface area contributed by atoms with Gasteiger partial charge in [0.05, 0.1) is 12.7 Å². The van der Waals surface area contributed by atoms with Crippen molar-refractivity contribution in [2.45, 2.75) is 0 Å². The number of aromatic hydroxyl groups is 1. The molecule has 3 aromatic carbocycles. The number of rotatable bonds is 5. The zero-order valence-electron chi connectivity index (χ0n) is 15.5. The Bertz CT molecular complexity index is 1110. The van der Waals surface area contributed by atoms with Crippen LogP contribution in [0.3, 0.4) is 0 Å². The maximum Gasteiger partial charge on any atom is 0.259 e. The highest BCUT2D eigenvalue weighted by molar-refractivity contribution is 6.07. The van der Waals surface area contributed by atoms with Gasteiger partial charge in [-0.05, 0) is 36.4 Å². The number of amides is 2. The molecule has 2 amide bonds. The Balaban J connectivity index is 1.73. The lowest BCUT2D eigenvalue weighted by molar-refractivity contribution is 0.101. The van der Waals surface area contributed by atoms with E-state index in [1.807, 2.05) is 0 Å². The fourth-order valence-electron chi connectivity index (χ4n) is 2.63. The fourth-order valence-corrected chi connectivity index (χ4v) is 2.63. The monoisotopic (exact) mass is 416 g/mol. The zero-order valence-corrected chi connectivity index (χ0v) is 15.5. The number of phenolic OH excluding ortho intramolecular Hbond substituents is 1. The Kier molecular flexibility index (Phi) is 5.91. The van der Waals surface area contributed by atoms with Gasteiger partial charge in [0, 0.05) is 35.1 Å². The number of benzene rings is 3. The lowest BCUT2D eigenvalue weighted by Gasteiger charge is -2.10. The Hall–Kier alpha value is -4.01. The molecule has 0 bridgehead atoms. The van der Waals surface area contributed by atoms with Gasteiger partial charge in [-0.25, -0.2) is 13.2 Å². The fraction of sp³-hybridized carbons (Fsp3) is 0.0476. The second kappa shape index (κ2) is 8.56. The summed E-state index contributed by atoms with van der Waals surface area (Å²) in [6, 6.07) is 9.79. The number of hydrogen-bond donors (Lipinski definition) is 3. The topological polar surface area (TPSA) is 87.7 Å². The van der Waals surface area contributed by atoms with E-state index >= 15 is 0 Å². The summed E-state index contributed by atoms with van der Waals surface area (Å²) in [4.78, 5) is 24.5. The van der Waals surface area contributed by atoms with Crippen LogP contribution < -0.4 is 15.4 Å². The Morgan fingerprint density at radius 1 is 0.833 bits per heavy atom. The first-order chi connectivity index (χ1) is 14.3. The molecule has 3 aromatic rings. The summed E-state index contributed by atoms with van der Waals surface area (Å²) in [5, 5.41) is 14.9. The van der Waals surface area contributed by atoms with Crippen molar-refractivity contribution in [3.63, 3.8) is 0 Å². The summed E-state index contributed by atoms with van der Waals surface area (Å²) in [7, 11) is 1.31. The summed E-state index contributed by atoms with van der Waals surface area (Å²) < 4.78 is 45.0. The van der Waals surface area contributed by atoms with E-state index in [-0.39, 0.29) is 28.3 Å². The molecule has 30 heavy (non-hydrogen) atoms. The van der Waals surface area contributed by atoms with Crippen LogP contribution in [0.1, 0.15) is 20.7 Å². The molecule has 6 nitrogen and oxygen atoms in total. The summed E-state index contributed by atoms with van der Waals surface area (Å²) in [6.45, 7) is 0. The molecule has 0 aliphatic rings. The van der Waals surface area contributed by atoms with Gasteiger partial charge in [-0.2, -0.15) is 0 Å². The first-order valence-corrected chi connectivity index (χ1v) is 8.52. The van der Waals surface area contributed by atoms with Gasteiger partial charge in [0.25, 0.3) is 11.8 Å². The third-order valence-electron chi connectivity index (χ3n) is 4.03. The van der Waals surface area contributed by atoms with E-state index in [0.29, 0.717) is 6.07 Å². The summed E-state index contributed by atoms with van der Waals surface area (Å²) >= 11 is 0. The van der Waals surface area contributed by atoms with E-state index < -0.39 is 35.0 Å². The minimum atomic E-state index is -0.912. The number of carbonyl (C=O) groups excluding carboxylic acids is 2. The van der Waals surface area contributed by atoms with Crippen molar-refractivity contribution in [3.8, 4) is 11.5 Å². The van der Waals surface area contributed by atoms with E-state index in [9.17, 15) is 27.9 Å². The molecule has 0 radical (unpaired) electrons. The van der Waals surface area contributed by atoms with Gasteiger partial charge in [0.15, 0.2) is 11.6 Å². The minimum absolute atomic E-state index is 0.00844. The van der Waals surface area contributed by atoms with Gasteiger partial charge in [-0.3, -0.25) is 9.59 Å². The first-order valence-electron chi connectivity index (χ1n) is 8.52. The van der Waals surface area contributed by atoms with Crippen molar-refractivity contribution in [1.82, 2.24) is 0 Å². The van der Waals surface area contributed by atoms with Crippen LogP contribution in [0, 0.1) is 17.5 Å². The number of nitrogens with one attached hydrogen (secondary N) is 2. The molecule has 0 saturated heterocycles. The number of anilines is 2. The predicted octanol–water partition coefficient (Wildman–Crippen LogP) is 4.32. The molecule has 9 heteroatoms. The van der Waals surface area contributed by atoms with Crippen LogP contribution in [0.15, 0.2) is 54.6 Å². The van der Waals surface area contributed by atoms with E-state index in [2.05, 4.69) is 10.6 Å². The van der Waals surface area contributed by atoms with Gasteiger partial charge in [-0.15, -0.1) is 0 Å². The van der Waals surface area contributed by atoms with Crippen LogP contribution in [0.4, 0.5) is 24.5 Å². The lowest BCUT2D eigenvalue weighted by Crippen LogP contribution is -2.14. The molecule has 0 saturated carbocycles. The third kappa shape index (κ3) is 4.69. The molecule has 0 heterocycles. The minimum Gasteiger partial charge on any atom is -0.507 e. The standard InChI is InChI=1S/C21H15F3N2O4/c1-30-19-5-3-14(9-17(19)24)26-21(29)16-4-2-15(10-18(16)27)25-20(28)11-6-12(22)8-13(23)7-11/h2-10,27H,1H3,(H,25,28)(H,26,29). The molecular weight excluding hydrogens is 401 g/mol. The Morgan fingerprint density at radius 3 is 2.03 bits per heavy atom. The first kappa shape index (κ1) is 20.7. The molecule has 0 atom stereocenters. The van der Waals surface area contributed by atoms with Gasteiger partial charge >= 0.3 is 0 Å². The third-order valence-corrected chi connectivity index (χ3v) is 4.03. The second-order valence-corrected chi connectivity index (χ2v) is 6.15. The molecule has 0 fully saturated rings. The second-order valence-electron chi connectivity index (χ2n) is 6.15. The molecule has 0 aromatic heterocycles. The summed E-state index contributed by atoms with van der Waals surface area (Å²) in [5.74, 6) is -4.49. The molecule has 0 unspecified atom stereocenters. The highest BCUT2D eigenvalue weighted by Crippen LogP contribution is 2.25. The molecule has 3 rings (SSSR count). The van der Waals surface area contributed by atoms with Gasteiger partial charge in [0.2, 0.25) is 0 Å². The largest absolute Gasteiger partial charge is 0.507 e. The number of methoxy groups -OCH3 is 1. The van der Waals surface area contributed by atoms with E-state index in [4.69, 9.17) is 4.74 Å². The average Bonchev–Trinajstić information content (AvgIpc) is 2.67. The zero-order chi connectivity index (χ0) is 21.8. The SMILES string of the molecule is COc1ccc(NC(=O)c2ccc(NC(=O)c3cc(F)cc(F)c3)cc2O)cc1F. The number of halogens is 3. The highest BCUT2D eigenvalue weighted by atomic mass is 19.1. The van der Waals surface area contributed by atoms with Gasteiger partial charge in [-0.1, -0.05) is 0 Å². The Morgan fingerprint density at radius 2 is 1.43 bits per heavy atom. The normalized spacial score (nSPS) is 10.4. The van der Waals surface area contributed by atoms with Crippen LogP contribution >= 0.6 is 0 Å². The molecule has 154 valence electrons. The van der Waals surface area contributed by atoms with Crippen molar-refractivity contribution >= 4 is 23.2 Å². The van der Waals surface area contributed by atoms with E-state index in [1.165, 1.54) is 31.4 Å². The number of hydrogen-bond acceptors (Lipinski definition) is 4. The van der Waals surface area contributed by atoms with Crippen LogP contribution in [0.2, 0.25) is 0 Å². The molecule has 3 N–H and O–H groups in total. The van der Waals surface area contributed by atoms with Crippen LogP contribution in [0.5, 0.6) is 11.5 Å².